The Hall–Kier alpha value is -2.33. The molecule has 0 radical (unpaired) electrons. The number of amides is 1. The lowest BCUT2D eigenvalue weighted by Crippen LogP contribution is -2.34. The summed E-state index contributed by atoms with van der Waals surface area (Å²) in [6, 6.07) is 16.7. The van der Waals surface area contributed by atoms with Crippen molar-refractivity contribution in [2.75, 3.05) is 13.7 Å². The molecular weight excluding hydrogens is 276 g/mol. The SMILES string of the molecule is COc1cccc(CCCNC(=O)C(N)c2ccccc2)c1. The molecule has 1 unspecified atom stereocenters. The second-order valence-corrected chi connectivity index (χ2v) is 5.13. The van der Waals surface area contributed by atoms with Crippen LogP contribution in [-0.2, 0) is 11.2 Å². The number of ether oxygens (including phenoxy) is 1. The largest absolute Gasteiger partial charge is 0.497 e. The highest BCUT2D eigenvalue weighted by molar-refractivity contribution is 5.82. The molecule has 0 saturated carbocycles. The smallest absolute Gasteiger partial charge is 0.241 e. The number of hydrogen-bond donors (Lipinski definition) is 2. The van der Waals surface area contributed by atoms with Gasteiger partial charge in [0.05, 0.1) is 7.11 Å². The topological polar surface area (TPSA) is 64.3 Å². The lowest BCUT2D eigenvalue weighted by atomic mass is 10.1. The predicted octanol–water partition coefficient (Wildman–Crippen LogP) is 2.44. The van der Waals surface area contributed by atoms with Crippen molar-refractivity contribution in [2.24, 2.45) is 5.73 Å². The lowest BCUT2D eigenvalue weighted by molar-refractivity contribution is -0.122. The summed E-state index contributed by atoms with van der Waals surface area (Å²) in [6.45, 7) is 0.608. The third-order valence-electron chi connectivity index (χ3n) is 3.52. The van der Waals surface area contributed by atoms with Crippen LogP contribution < -0.4 is 15.8 Å². The van der Waals surface area contributed by atoms with Crippen LogP contribution in [-0.4, -0.2) is 19.6 Å². The fourth-order valence-corrected chi connectivity index (χ4v) is 2.25. The zero-order valence-corrected chi connectivity index (χ0v) is 12.8. The number of nitrogens with two attached hydrogens (primary N) is 1. The first-order valence-corrected chi connectivity index (χ1v) is 7.42. The molecule has 0 fully saturated rings. The maximum atomic E-state index is 12.0. The third-order valence-corrected chi connectivity index (χ3v) is 3.52. The minimum absolute atomic E-state index is 0.142. The number of carbonyl (C=O) groups excluding carboxylic acids is 1. The summed E-state index contributed by atoms with van der Waals surface area (Å²) in [6.07, 6.45) is 1.75. The second-order valence-electron chi connectivity index (χ2n) is 5.13. The van der Waals surface area contributed by atoms with Gasteiger partial charge in [-0.2, -0.15) is 0 Å². The van der Waals surface area contributed by atoms with Crippen LogP contribution in [0.1, 0.15) is 23.6 Å². The van der Waals surface area contributed by atoms with E-state index in [4.69, 9.17) is 10.5 Å². The number of rotatable bonds is 7. The van der Waals surface area contributed by atoms with E-state index in [1.165, 1.54) is 5.56 Å². The third kappa shape index (κ3) is 4.60. The van der Waals surface area contributed by atoms with Gasteiger partial charge in [0, 0.05) is 6.54 Å². The Kier molecular flexibility index (Phi) is 5.98. The molecule has 0 saturated heterocycles. The number of hydrogen-bond acceptors (Lipinski definition) is 3. The standard InChI is InChI=1S/C18H22N2O2/c1-22-16-11-5-7-14(13-16)8-6-12-20-18(21)17(19)15-9-3-2-4-10-15/h2-5,7,9-11,13,17H,6,8,12,19H2,1H3,(H,20,21). The van der Waals surface area contributed by atoms with Crippen molar-refractivity contribution < 1.29 is 9.53 Å². The molecule has 0 aliphatic carbocycles. The lowest BCUT2D eigenvalue weighted by Gasteiger charge is -2.12. The Morgan fingerprint density at radius 2 is 1.95 bits per heavy atom. The van der Waals surface area contributed by atoms with Gasteiger partial charge in [-0.15, -0.1) is 0 Å². The van der Waals surface area contributed by atoms with Gasteiger partial charge in [0.2, 0.25) is 5.91 Å². The van der Waals surface area contributed by atoms with E-state index in [-0.39, 0.29) is 5.91 Å². The van der Waals surface area contributed by atoms with Crippen LogP contribution in [0, 0.1) is 0 Å². The average Bonchev–Trinajstić information content (AvgIpc) is 2.58. The van der Waals surface area contributed by atoms with Crippen molar-refractivity contribution in [3.63, 3.8) is 0 Å². The molecule has 0 bridgehead atoms. The Morgan fingerprint density at radius 1 is 1.18 bits per heavy atom. The highest BCUT2D eigenvalue weighted by Gasteiger charge is 2.14. The van der Waals surface area contributed by atoms with Crippen LogP contribution in [0.3, 0.4) is 0 Å². The maximum absolute atomic E-state index is 12.0. The molecule has 0 heterocycles. The fourth-order valence-electron chi connectivity index (χ4n) is 2.25. The van der Waals surface area contributed by atoms with Gasteiger partial charge in [0.25, 0.3) is 0 Å². The normalized spacial score (nSPS) is 11.7. The molecule has 116 valence electrons. The van der Waals surface area contributed by atoms with Crippen LogP contribution in [0.15, 0.2) is 54.6 Å². The highest BCUT2D eigenvalue weighted by atomic mass is 16.5. The number of carbonyl (C=O) groups is 1. The number of nitrogens with one attached hydrogen (secondary N) is 1. The molecule has 3 N–H and O–H groups in total. The van der Waals surface area contributed by atoms with Crippen LogP contribution in [0.25, 0.3) is 0 Å². The number of benzene rings is 2. The second kappa shape index (κ2) is 8.20. The van der Waals surface area contributed by atoms with Crippen LogP contribution in [0.5, 0.6) is 5.75 Å². The summed E-state index contributed by atoms with van der Waals surface area (Å²) in [7, 11) is 1.66. The minimum atomic E-state index is -0.613. The quantitative estimate of drug-likeness (QED) is 0.772. The van der Waals surface area contributed by atoms with Gasteiger partial charge in [0.1, 0.15) is 11.8 Å². The molecule has 22 heavy (non-hydrogen) atoms. The zero-order valence-electron chi connectivity index (χ0n) is 12.8. The van der Waals surface area contributed by atoms with Crippen molar-refractivity contribution in [1.82, 2.24) is 5.32 Å². The van der Waals surface area contributed by atoms with E-state index in [0.29, 0.717) is 6.54 Å². The van der Waals surface area contributed by atoms with Gasteiger partial charge in [-0.05, 0) is 36.1 Å². The average molecular weight is 298 g/mol. The number of aryl methyl sites for hydroxylation is 1. The first-order valence-electron chi connectivity index (χ1n) is 7.42. The summed E-state index contributed by atoms with van der Waals surface area (Å²) in [5.74, 6) is 0.712. The molecule has 2 aromatic rings. The molecule has 0 spiro atoms. The van der Waals surface area contributed by atoms with Crippen molar-refractivity contribution in [1.29, 1.82) is 0 Å². The first kappa shape index (κ1) is 16.0. The van der Waals surface area contributed by atoms with Gasteiger partial charge < -0.3 is 15.8 Å². The van der Waals surface area contributed by atoms with Crippen LogP contribution in [0.2, 0.25) is 0 Å². The van der Waals surface area contributed by atoms with Crippen molar-refractivity contribution >= 4 is 5.91 Å². The van der Waals surface area contributed by atoms with E-state index in [1.54, 1.807) is 7.11 Å². The molecule has 0 aliphatic rings. The zero-order chi connectivity index (χ0) is 15.8. The van der Waals surface area contributed by atoms with E-state index in [1.807, 2.05) is 48.5 Å². The van der Waals surface area contributed by atoms with Crippen molar-refractivity contribution in [2.45, 2.75) is 18.9 Å². The summed E-state index contributed by atoms with van der Waals surface area (Å²) >= 11 is 0. The molecule has 2 aromatic carbocycles. The maximum Gasteiger partial charge on any atom is 0.241 e. The van der Waals surface area contributed by atoms with E-state index in [2.05, 4.69) is 11.4 Å². The monoisotopic (exact) mass is 298 g/mol. The summed E-state index contributed by atoms with van der Waals surface area (Å²) in [4.78, 5) is 12.0. The number of methoxy groups -OCH3 is 1. The Morgan fingerprint density at radius 3 is 2.68 bits per heavy atom. The van der Waals surface area contributed by atoms with E-state index < -0.39 is 6.04 Å². The summed E-state index contributed by atoms with van der Waals surface area (Å²) < 4.78 is 5.19. The Balaban J connectivity index is 1.75. The van der Waals surface area contributed by atoms with Gasteiger partial charge in [0.15, 0.2) is 0 Å². The van der Waals surface area contributed by atoms with Gasteiger partial charge >= 0.3 is 0 Å². The van der Waals surface area contributed by atoms with E-state index in [0.717, 1.165) is 24.2 Å². The summed E-state index contributed by atoms with van der Waals surface area (Å²) in [5, 5.41) is 2.88. The highest BCUT2D eigenvalue weighted by Crippen LogP contribution is 2.14. The van der Waals surface area contributed by atoms with E-state index in [9.17, 15) is 4.79 Å². The molecule has 4 nitrogen and oxygen atoms in total. The molecule has 0 aromatic heterocycles. The Labute approximate surface area is 131 Å². The first-order chi connectivity index (χ1) is 10.7. The van der Waals surface area contributed by atoms with E-state index >= 15 is 0 Å². The molecule has 1 atom stereocenters. The van der Waals surface area contributed by atoms with Gasteiger partial charge in [-0.25, -0.2) is 0 Å². The molecule has 4 heteroatoms. The fraction of sp³-hybridized carbons (Fsp3) is 0.278. The summed E-state index contributed by atoms with van der Waals surface area (Å²) in [5.41, 5.74) is 7.96. The Bertz CT molecular complexity index is 599. The van der Waals surface area contributed by atoms with Crippen molar-refractivity contribution in [3.05, 3.63) is 65.7 Å². The van der Waals surface area contributed by atoms with Crippen LogP contribution >= 0.6 is 0 Å². The molecule has 0 aliphatic heterocycles. The molecular formula is C18H22N2O2. The molecule has 1 amide bonds. The predicted molar refractivity (Wildman–Crippen MR) is 87.7 cm³/mol. The van der Waals surface area contributed by atoms with Crippen molar-refractivity contribution in [3.8, 4) is 5.75 Å². The molecule has 2 rings (SSSR count). The van der Waals surface area contributed by atoms with Gasteiger partial charge in [-0.3, -0.25) is 4.79 Å². The minimum Gasteiger partial charge on any atom is -0.497 e. The van der Waals surface area contributed by atoms with Gasteiger partial charge in [-0.1, -0.05) is 42.5 Å². The van der Waals surface area contributed by atoms with Crippen LogP contribution in [0.4, 0.5) is 0 Å².